The number of nitrogens with zero attached hydrogens (tertiary/aromatic N) is 1. The molecule has 0 spiro atoms. The molecule has 2 amide bonds. The second-order valence-electron chi connectivity index (χ2n) is 5.73. The summed E-state index contributed by atoms with van der Waals surface area (Å²) in [5, 5.41) is 5.82. The molecular formula is C17H27N3O2. The van der Waals surface area contributed by atoms with E-state index in [2.05, 4.69) is 46.7 Å². The zero-order chi connectivity index (χ0) is 15.6. The van der Waals surface area contributed by atoms with Gasteiger partial charge in [-0.05, 0) is 31.9 Å². The van der Waals surface area contributed by atoms with Crippen LogP contribution in [-0.4, -0.2) is 56.9 Å². The Kier molecular flexibility index (Phi) is 7.19. The summed E-state index contributed by atoms with van der Waals surface area (Å²) in [6.07, 6.45) is 1.84. The number of carbonyl (C=O) groups excluding carboxylic acids is 1. The largest absolute Gasteiger partial charge is 0.379 e. The third-order valence-electron chi connectivity index (χ3n) is 3.82. The molecule has 1 saturated heterocycles. The highest BCUT2D eigenvalue weighted by Gasteiger charge is 2.09. The Balaban J connectivity index is 1.50. The van der Waals surface area contributed by atoms with E-state index in [-0.39, 0.29) is 6.03 Å². The molecule has 122 valence electrons. The molecule has 1 aromatic carbocycles. The maximum absolute atomic E-state index is 11.7. The highest BCUT2D eigenvalue weighted by molar-refractivity contribution is 5.73. The fourth-order valence-corrected chi connectivity index (χ4v) is 2.58. The summed E-state index contributed by atoms with van der Waals surface area (Å²) in [5.74, 6) is 0. The SMILES string of the molecule is Cc1cccc(CCNC(=O)NCCCN2CCOCC2)c1. The van der Waals surface area contributed by atoms with Crippen molar-refractivity contribution in [3.05, 3.63) is 35.4 Å². The van der Waals surface area contributed by atoms with E-state index in [1.54, 1.807) is 0 Å². The third-order valence-corrected chi connectivity index (χ3v) is 3.82. The fraction of sp³-hybridized carbons (Fsp3) is 0.588. The highest BCUT2D eigenvalue weighted by Crippen LogP contribution is 2.03. The van der Waals surface area contributed by atoms with Crippen LogP contribution < -0.4 is 10.6 Å². The maximum Gasteiger partial charge on any atom is 0.314 e. The van der Waals surface area contributed by atoms with Crippen molar-refractivity contribution in [1.29, 1.82) is 0 Å². The summed E-state index contributed by atoms with van der Waals surface area (Å²) in [4.78, 5) is 14.1. The van der Waals surface area contributed by atoms with Crippen molar-refractivity contribution in [2.75, 3.05) is 45.9 Å². The van der Waals surface area contributed by atoms with Crippen LogP contribution in [0.3, 0.4) is 0 Å². The molecule has 1 aliphatic heterocycles. The van der Waals surface area contributed by atoms with Crippen molar-refractivity contribution in [1.82, 2.24) is 15.5 Å². The van der Waals surface area contributed by atoms with Crippen molar-refractivity contribution in [2.24, 2.45) is 0 Å². The lowest BCUT2D eigenvalue weighted by Gasteiger charge is -2.26. The highest BCUT2D eigenvalue weighted by atomic mass is 16.5. The Labute approximate surface area is 133 Å². The van der Waals surface area contributed by atoms with Gasteiger partial charge in [0.2, 0.25) is 0 Å². The van der Waals surface area contributed by atoms with E-state index >= 15 is 0 Å². The fourth-order valence-electron chi connectivity index (χ4n) is 2.58. The summed E-state index contributed by atoms with van der Waals surface area (Å²) in [7, 11) is 0. The molecule has 22 heavy (non-hydrogen) atoms. The van der Waals surface area contributed by atoms with Gasteiger partial charge in [0.1, 0.15) is 0 Å². The number of carbonyl (C=O) groups is 1. The molecule has 0 atom stereocenters. The van der Waals surface area contributed by atoms with E-state index in [1.165, 1.54) is 11.1 Å². The molecule has 0 bridgehead atoms. The second kappa shape index (κ2) is 9.43. The molecule has 2 rings (SSSR count). The first kappa shape index (κ1) is 16.8. The van der Waals surface area contributed by atoms with E-state index in [9.17, 15) is 4.79 Å². The van der Waals surface area contributed by atoms with Crippen LogP contribution in [0.1, 0.15) is 17.5 Å². The van der Waals surface area contributed by atoms with Crippen molar-refractivity contribution < 1.29 is 9.53 Å². The summed E-state index contributed by atoms with van der Waals surface area (Å²) >= 11 is 0. The molecule has 5 heteroatoms. The van der Waals surface area contributed by atoms with Gasteiger partial charge in [0, 0.05) is 26.2 Å². The third kappa shape index (κ3) is 6.45. The lowest BCUT2D eigenvalue weighted by Crippen LogP contribution is -2.40. The van der Waals surface area contributed by atoms with Crippen LogP contribution >= 0.6 is 0 Å². The topological polar surface area (TPSA) is 53.6 Å². The summed E-state index contributed by atoms with van der Waals surface area (Å²) in [6, 6.07) is 8.31. The average molecular weight is 305 g/mol. The molecule has 1 fully saturated rings. The normalized spacial score (nSPS) is 15.5. The molecule has 0 radical (unpaired) electrons. The van der Waals surface area contributed by atoms with Crippen LogP contribution in [0.4, 0.5) is 4.79 Å². The number of hydrogen-bond donors (Lipinski definition) is 2. The molecule has 0 aromatic heterocycles. The molecular weight excluding hydrogens is 278 g/mol. The van der Waals surface area contributed by atoms with Crippen molar-refractivity contribution in [3.63, 3.8) is 0 Å². The first-order valence-electron chi connectivity index (χ1n) is 8.11. The number of ether oxygens (including phenoxy) is 1. The zero-order valence-electron chi connectivity index (χ0n) is 13.4. The smallest absolute Gasteiger partial charge is 0.314 e. The Morgan fingerprint density at radius 3 is 2.77 bits per heavy atom. The van der Waals surface area contributed by atoms with Crippen molar-refractivity contribution >= 4 is 6.03 Å². The molecule has 1 aromatic rings. The molecule has 5 nitrogen and oxygen atoms in total. The van der Waals surface area contributed by atoms with Gasteiger partial charge in [-0.25, -0.2) is 4.79 Å². The van der Waals surface area contributed by atoms with Gasteiger partial charge in [0.15, 0.2) is 0 Å². The number of benzene rings is 1. The number of hydrogen-bond acceptors (Lipinski definition) is 3. The lowest BCUT2D eigenvalue weighted by molar-refractivity contribution is 0.0375. The first-order chi connectivity index (χ1) is 10.7. The summed E-state index contributed by atoms with van der Waals surface area (Å²) in [5.41, 5.74) is 2.51. The van der Waals surface area contributed by atoms with Crippen LogP contribution in [0.5, 0.6) is 0 Å². The molecule has 0 unspecified atom stereocenters. The van der Waals surface area contributed by atoms with Gasteiger partial charge >= 0.3 is 6.03 Å². The van der Waals surface area contributed by atoms with Crippen molar-refractivity contribution in [2.45, 2.75) is 19.8 Å². The Hall–Kier alpha value is -1.59. The Morgan fingerprint density at radius 1 is 1.23 bits per heavy atom. The number of aryl methyl sites for hydroxylation is 1. The molecule has 1 aliphatic rings. The average Bonchev–Trinajstić information content (AvgIpc) is 2.53. The second-order valence-corrected chi connectivity index (χ2v) is 5.73. The maximum atomic E-state index is 11.7. The van der Waals surface area contributed by atoms with E-state index in [4.69, 9.17) is 4.74 Å². The van der Waals surface area contributed by atoms with Crippen LogP contribution in [0.25, 0.3) is 0 Å². The predicted octanol–water partition coefficient (Wildman–Crippen LogP) is 1.56. The molecule has 0 saturated carbocycles. The minimum atomic E-state index is -0.0744. The van der Waals surface area contributed by atoms with Crippen molar-refractivity contribution in [3.8, 4) is 0 Å². The predicted molar refractivity (Wildman–Crippen MR) is 88.2 cm³/mol. The van der Waals surface area contributed by atoms with Gasteiger partial charge < -0.3 is 15.4 Å². The number of morpholine rings is 1. The monoisotopic (exact) mass is 305 g/mol. The molecule has 2 N–H and O–H groups in total. The quantitative estimate of drug-likeness (QED) is 0.752. The van der Waals surface area contributed by atoms with Gasteiger partial charge in [0.05, 0.1) is 13.2 Å². The minimum Gasteiger partial charge on any atom is -0.379 e. The lowest BCUT2D eigenvalue weighted by atomic mass is 10.1. The van der Waals surface area contributed by atoms with E-state index in [0.717, 1.165) is 45.7 Å². The number of rotatable bonds is 7. The molecule has 1 heterocycles. The number of amides is 2. The zero-order valence-corrected chi connectivity index (χ0v) is 13.4. The van der Waals surface area contributed by atoms with Crippen LogP contribution in [0.2, 0.25) is 0 Å². The van der Waals surface area contributed by atoms with Gasteiger partial charge in [0.25, 0.3) is 0 Å². The van der Waals surface area contributed by atoms with Gasteiger partial charge in [-0.2, -0.15) is 0 Å². The Bertz CT molecular complexity index is 459. The first-order valence-corrected chi connectivity index (χ1v) is 8.11. The van der Waals surface area contributed by atoms with E-state index < -0.39 is 0 Å². The number of nitrogens with one attached hydrogen (secondary N) is 2. The standard InChI is InChI=1S/C17H27N3O2/c1-15-4-2-5-16(14-15)6-8-19-17(21)18-7-3-9-20-10-12-22-13-11-20/h2,4-5,14H,3,6-13H2,1H3,(H2,18,19,21). The van der Waals surface area contributed by atoms with E-state index in [1.807, 2.05) is 0 Å². The van der Waals surface area contributed by atoms with Gasteiger partial charge in [-0.3, -0.25) is 4.90 Å². The minimum absolute atomic E-state index is 0.0744. The Morgan fingerprint density at radius 2 is 2.00 bits per heavy atom. The van der Waals surface area contributed by atoms with Crippen LogP contribution in [0, 0.1) is 6.92 Å². The van der Waals surface area contributed by atoms with Gasteiger partial charge in [-0.15, -0.1) is 0 Å². The van der Waals surface area contributed by atoms with Crippen LogP contribution in [0.15, 0.2) is 24.3 Å². The van der Waals surface area contributed by atoms with E-state index in [0.29, 0.717) is 13.1 Å². The summed E-state index contributed by atoms with van der Waals surface area (Å²) in [6.45, 7) is 8.14. The summed E-state index contributed by atoms with van der Waals surface area (Å²) < 4.78 is 5.31. The van der Waals surface area contributed by atoms with Crippen LogP contribution in [-0.2, 0) is 11.2 Å². The number of urea groups is 1. The van der Waals surface area contributed by atoms with Gasteiger partial charge in [-0.1, -0.05) is 29.8 Å². The molecule has 0 aliphatic carbocycles.